The number of aromatic amines is 1. The zero-order valence-electron chi connectivity index (χ0n) is 8.00. The smallest absolute Gasteiger partial charge is 0.339 e. The van der Waals surface area contributed by atoms with Gasteiger partial charge in [-0.15, -0.1) is 0 Å². The van der Waals surface area contributed by atoms with Crippen LogP contribution in [0.3, 0.4) is 0 Å². The van der Waals surface area contributed by atoms with Gasteiger partial charge in [-0.25, -0.2) is 4.79 Å². The van der Waals surface area contributed by atoms with Gasteiger partial charge in [0.25, 0.3) is 0 Å². The van der Waals surface area contributed by atoms with Crippen molar-refractivity contribution in [3.8, 4) is 0 Å². The molecule has 2 heterocycles. The number of rotatable bonds is 1. The van der Waals surface area contributed by atoms with E-state index in [1.54, 1.807) is 6.07 Å². The maximum atomic E-state index is 11.2. The molecule has 0 aromatic carbocycles. The average molecular weight is 190 g/mol. The molecule has 0 atom stereocenters. The molecule has 0 saturated carbocycles. The lowest BCUT2D eigenvalue weighted by molar-refractivity contribution is 0.0600. The number of carbonyl (C=O) groups excluding carboxylic acids is 1. The summed E-state index contributed by atoms with van der Waals surface area (Å²) < 4.78 is 4.60. The Labute approximate surface area is 80.9 Å². The minimum atomic E-state index is -0.369. The second kappa shape index (κ2) is 3.14. The van der Waals surface area contributed by atoms with Crippen LogP contribution < -0.4 is 0 Å². The summed E-state index contributed by atoms with van der Waals surface area (Å²) in [7, 11) is 1.35. The monoisotopic (exact) mass is 190 g/mol. The lowest BCUT2D eigenvalue weighted by atomic mass is 10.2. The molecule has 4 nitrogen and oxygen atoms in total. The van der Waals surface area contributed by atoms with Crippen LogP contribution in [0.2, 0.25) is 0 Å². The first kappa shape index (κ1) is 8.74. The van der Waals surface area contributed by atoms with Crippen molar-refractivity contribution in [2.24, 2.45) is 0 Å². The number of pyridine rings is 1. The summed E-state index contributed by atoms with van der Waals surface area (Å²) in [6.07, 6.45) is 1.52. The van der Waals surface area contributed by atoms with Crippen molar-refractivity contribution in [1.82, 2.24) is 9.97 Å². The van der Waals surface area contributed by atoms with Gasteiger partial charge in [0.2, 0.25) is 0 Å². The number of esters is 1. The minimum absolute atomic E-state index is 0.369. The Morgan fingerprint density at radius 1 is 1.50 bits per heavy atom. The van der Waals surface area contributed by atoms with Crippen molar-refractivity contribution >= 4 is 17.0 Å². The van der Waals surface area contributed by atoms with Gasteiger partial charge in [0.1, 0.15) is 0 Å². The van der Waals surface area contributed by atoms with Crippen molar-refractivity contribution in [2.45, 2.75) is 6.92 Å². The molecule has 2 aromatic rings. The summed E-state index contributed by atoms with van der Waals surface area (Å²) >= 11 is 0. The summed E-state index contributed by atoms with van der Waals surface area (Å²) in [5.41, 5.74) is 3.19. The molecule has 0 saturated heterocycles. The zero-order chi connectivity index (χ0) is 10.1. The first-order valence-corrected chi connectivity index (χ1v) is 4.24. The largest absolute Gasteiger partial charge is 0.465 e. The number of aromatic nitrogens is 2. The summed E-state index contributed by atoms with van der Waals surface area (Å²) in [4.78, 5) is 18.4. The van der Waals surface area contributed by atoms with Gasteiger partial charge < -0.3 is 9.72 Å². The molecule has 0 aliphatic rings. The van der Waals surface area contributed by atoms with Gasteiger partial charge in [0.05, 0.1) is 23.7 Å². The van der Waals surface area contributed by atoms with E-state index in [4.69, 9.17) is 0 Å². The predicted octanol–water partition coefficient (Wildman–Crippen LogP) is 1.66. The molecular formula is C10H10N2O2. The van der Waals surface area contributed by atoms with Crippen LogP contribution in [0.5, 0.6) is 0 Å². The normalized spacial score (nSPS) is 10.4. The van der Waals surface area contributed by atoms with E-state index in [9.17, 15) is 4.79 Å². The number of H-pyrrole nitrogens is 1. The second-order valence-electron chi connectivity index (χ2n) is 3.10. The van der Waals surface area contributed by atoms with E-state index in [2.05, 4.69) is 14.7 Å². The van der Waals surface area contributed by atoms with Gasteiger partial charge in [-0.1, -0.05) is 0 Å². The number of aryl methyl sites for hydroxylation is 1. The number of hydrogen-bond acceptors (Lipinski definition) is 3. The van der Waals surface area contributed by atoms with Crippen LogP contribution in [-0.2, 0) is 4.74 Å². The van der Waals surface area contributed by atoms with E-state index < -0.39 is 0 Å². The molecule has 0 fully saturated rings. The third-order valence-electron chi connectivity index (χ3n) is 2.02. The quantitative estimate of drug-likeness (QED) is 0.696. The fourth-order valence-corrected chi connectivity index (χ4v) is 1.37. The Hall–Kier alpha value is -1.84. The summed E-state index contributed by atoms with van der Waals surface area (Å²) in [5.74, 6) is -0.369. The first-order chi connectivity index (χ1) is 6.70. The number of nitrogens with zero attached hydrogens (tertiary/aromatic N) is 1. The van der Waals surface area contributed by atoms with Crippen molar-refractivity contribution in [3.05, 3.63) is 29.6 Å². The summed E-state index contributed by atoms with van der Waals surface area (Å²) in [6, 6.07) is 3.66. The maximum Gasteiger partial charge on any atom is 0.339 e. The number of hydrogen-bond donors (Lipinski definition) is 1. The van der Waals surface area contributed by atoms with Crippen LogP contribution >= 0.6 is 0 Å². The molecule has 0 spiro atoms. The fourth-order valence-electron chi connectivity index (χ4n) is 1.37. The van der Waals surface area contributed by atoms with Crippen LogP contribution in [0.15, 0.2) is 18.3 Å². The van der Waals surface area contributed by atoms with Crippen molar-refractivity contribution < 1.29 is 9.53 Å². The third kappa shape index (κ3) is 1.35. The molecule has 0 aliphatic carbocycles. The number of ether oxygens (including phenoxy) is 1. The molecule has 0 amide bonds. The van der Waals surface area contributed by atoms with E-state index in [-0.39, 0.29) is 5.97 Å². The van der Waals surface area contributed by atoms with E-state index in [1.807, 2.05) is 13.0 Å². The highest BCUT2D eigenvalue weighted by atomic mass is 16.5. The topological polar surface area (TPSA) is 55.0 Å². The Morgan fingerprint density at radius 3 is 3.00 bits per heavy atom. The Bertz CT molecular complexity index is 488. The second-order valence-corrected chi connectivity index (χ2v) is 3.10. The highest BCUT2D eigenvalue weighted by Gasteiger charge is 2.07. The van der Waals surface area contributed by atoms with Crippen molar-refractivity contribution in [3.63, 3.8) is 0 Å². The van der Waals surface area contributed by atoms with Gasteiger partial charge in [-0.3, -0.25) is 4.98 Å². The molecule has 14 heavy (non-hydrogen) atoms. The number of fused-ring (bicyclic) bond motifs is 1. The fraction of sp³-hybridized carbons (Fsp3) is 0.200. The third-order valence-corrected chi connectivity index (χ3v) is 2.02. The van der Waals surface area contributed by atoms with Gasteiger partial charge in [0, 0.05) is 11.9 Å². The molecule has 72 valence electrons. The highest BCUT2D eigenvalue weighted by Crippen LogP contribution is 2.14. The average Bonchev–Trinajstić information content (AvgIpc) is 2.55. The lowest BCUT2D eigenvalue weighted by Gasteiger charge is -1.97. The molecular weight excluding hydrogens is 180 g/mol. The Morgan fingerprint density at radius 2 is 2.29 bits per heavy atom. The van der Waals surface area contributed by atoms with Gasteiger partial charge in [-0.2, -0.15) is 0 Å². The first-order valence-electron chi connectivity index (χ1n) is 4.24. The van der Waals surface area contributed by atoms with Crippen molar-refractivity contribution in [1.29, 1.82) is 0 Å². The maximum absolute atomic E-state index is 11.2. The van der Waals surface area contributed by atoms with Crippen LogP contribution in [0, 0.1) is 6.92 Å². The SMILES string of the molecule is COC(=O)c1cnc2cc(C)[nH]c2c1. The van der Waals surface area contributed by atoms with Gasteiger partial charge in [-0.05, 0) is 19.1 Å². The van der Waals surface area contributed by atoms with E-state index in [0.29, 0.717) is 5.56 Å². The van der Waals surface area contributed by atoms with Crippen LogP contribution in [0.4, 0.5) is 0 Å². The minimum Gasteiger partial charge on any atom is -0.465 e. The molecule has 2 aromatic heterocycles. The molecule has 0 unspecified atom stereocenters. The van der Waals surface area contributed by atoms with Crippen LogP contribution in [0.1, 0.15) is 16.1 Å². The standard InChI is InChI=1S/C10H10N2O2/c1-6-3-8-9(12-6)4-7(5-11-8)10(13)14-2/h3-5,12H,1-2H3. The zero-order valence-corrected chi connectivity index (χ0v) is 8.00. The summed E-state index contributed by atoms with van der Waals surface area (Å²) in [5, 5.41) is 0. The number of methoxy groups -OCH3 is 1. The number of nitrogens with one attached hydrogen (secondary N) is 1. The Balaban J connectivity index is 2.55. The Kier molecular flexibility index (Phi) is 1.96. The highest BCUT2D eigenvalue weighted by molar-refractivity contribution is 5.92. The molecule has 0 radical (unpaired) electrons. The summed E-state index contributed by atoms with van der Waals surface area (Å²) in [6.45, 7) is 1.94. The van der Waals surface area contributed by atoms with Crippen LogP contribution in [-0.4, -0.2) is 23.0 Å². The van der Waals surface area contributed by atoms with Gasteiger partial charge >= 0.3 is 5.97 Å². The molecule has 4 heteroatoms. The van der Waals surface area contributed by atoms with Gasteiger partial charge in [0.15, 0.2) is 0 Å². The molecule has 0 bridgehead atoms. The number of carbonyl (C=O) groups is 1. The van der Waals surface area contributed by atoms with E-state index in [0.717, 1.165) is 16.7 Å². The molecule has 0 aliphatic heterocycles. The van der Waals surface area contributed by atoms with E-state index >= 15 is 0 Å². The molecule has 2 rings (SSSR count). The predicted molar refractivity (Wildman–Crippen MR) is 52.2 cm³/mol. The lowest BCUT2D eigenvalue weighted by Crippen LogP contribution is -2.01. The van der Waals surface area contributed by atoms with Crippen LogP contribution in [0.25, 0.3) is 11.0 Å². The van der Waals surface area contributed by atoms with Crippen molar-refractivity contribution in [2.75, 3.05) is 7.11 Å². The molecule has 1 N–H and O–H groups in total. The van der Waals surface area contributed by atoms with E-state index in [1.165, 1.54) is 13.3 Å².